The van der Waals surface area contributed by atoms with E-state index in [0.29, 0.717) is 31.6 Å². The molecule has 6 atom stereocenters. The normalized spacial score (nSPS) is 36.6. The third-order valence-corrected chi connectivity index (χ3v) is 8.47. The maximum Gasteiger partial charge on any atom is 0.410 e. The standard InChI is InChI=1S/C23H27Cl3N2O6/c1-3-21(31)11-27(20(30)34-12-23(24,25)26)17-9-22(18-8-15(21)13(17)10-33-18)14-6-4-5-7-16(14)28(32-2)19(22)29/h4-7,13,15,17-18,31H,3,8-12H2,1-2H3/t13?,15?,17?,18?,21-,22+/m1/s1. The number of nitrogens with zero attached hydrogens (tertiary/aromatic N) is 2. The van der Waals surface area contributed by atoms with E-state index in [0.717, 1.165) is 5.56 Å². The summed E-state index contributed by atoms with van der Waals surface area (Å²) in [5.74, 6) is -0.551. The average Bonchev–Trinajstić information content (AvgIpc) is 2.91. The molecule has 186 valence electrons. The van der Waals surface area contributed by atoms with E-state index in [4.69, 9.17) is 49.1 Å². The molecule has 1 aliphatic carbocycles. The number of carbonyl (C=O) groups is 2. The van der Waals surface area contributed by atoms with E-state index in [1.54, 1.807) is 0 Å². The Morgan fingerprint density at radius 3 is 2.74 bits per heavy atom. The van der Waals surface area contributed by atoms with E-state index in [2.05, 4.69) is 0 Å². The number of alkyl halides is 3. The maximum atomic E-state index is 13.9. The van der Waals surface area contributed by atoms with Crippen LogP contribution < -0.4 is 5.06 Å². The number of hydrogen-bond donors (Lipinski definition) is 1. The van der Waals surface area contributed by atoms with Crippen molar-refractivity contribution in [2.24, 2.45) is 11.8 Å². The molecule has 3 saturated heterocycles. The van der Waals surface area contributed by atoms with Crippen LogP contribution >= 0.6 is 34.8 Å². The van der Waals surface area contributed by atoms with Crippen LogP contribution in [0, 0.1) is 11.8 Å². The Bertz CT molecular complexity index is 1010. The highest BCUT2D eigenvalue weighted by molar-refractivity contribution is 6.67. The van der Waals surface area contributed by atoms with Gasteiger partial charge >= 0.3 is 6.09 Å². The molecule has 5 aliphatic rings. The van der Waals surface area contributed by atoms with E-state index in [1.165, 1.54) is 17.1 Å². The number of hydrogen-bond acceptors (Lipinski definition) is 6. The molecular weight excluding hydrogens is 507 g/mol. The number of piperidine rings is 1. The number of benzene rings is 1. The molecule has 8 nitrogen and oxygen atoms in total. The zero-order valence-corrected chi connectivity index (χ0v) is 21.1. The lowest BCUT2D eigenvalue weighted by atomic mass is 9.68. The lowest BCUT2D eigenvalue weighted by molar-refractivity contribution is -0.171. The number of β-amino-alcohol motifs (C(OH)–C–C–N with tert-alkyl or cyclic N) is 1. The summed E-state index contributed by atoms with van der Waals surface area (Å²) in [5.41, 5.74) is -0.757. The first-order valence-electron chi connectivity index (χ1n) is 11.4. The van der Waals surface area contributed by atoms with Crippen molar-refractivity contribution >= 4 is 52.5 Å². The van der Waals surface area contributed by atoms with E-state index in [1.807, 2.05) is 31.2 Å². The largest absolute Gasteiger partial charge is 0.445 e. The highest BCUT2D eigenvalue weighted by Gasteiger charge is 2.67. The predicted molar refractivity (Wildman–Crippen MR) is 126 cm³/mol. The summed E-state index contributed by atoms with van der Waals surface area (Å²) < 4.78 is 9.89. The van der Waals surface area contributed by atoms with Crippen LogP contribution in [0.2, 0.25) is 0 Å². The van der Waals surface area contributed by atoms with Gasteiger partial charge < -0.3 is 19.5 Å². The minimum absolute atomic E-state index is 0.0701. The van der Waals surface area contributed by atoms with Crippen molar-refractivity contribution in [1.29, 1.82) is 0 Å². The maximum absolute atomic E-state index is 13.9. The molecule has 1 spiro atoms. The van der Waals surface area contributed by atoms with Crippen LogP contribution in [0.15, 0.2) is 24.3 Å². The van der Waals surface area contributed by atoms with Crippen LogP contribution in [0.3, 0.4) is 0 Å². The summed E-state index contributed by atoms with van der Waals surface area (Å²) in [6.07, 6.45) is 0.0910. The van der Waals surface area contributed by atoms with Gasteiger partial charge in [-0.15, -0.1) is 0 Å². The fourth-order valence-corrected chi connectivity index (χ4v) is 6.73. The van der Waals surface area contributed by atoms with Gasteiger partial charge in [-0.05, 0) is 36.8 Å². The van der Waals surface area contributed by atoms with Crippen LogP contribution in [0.1, 0.15) is 31.7 Å². The average molecular weight is 534 g/mol. The summed E-state index contributed by atoms with van der Waals surface area (Å²) in [5, 5.41) is 13.0. The number of para-hydroxylation sites is 1. The number of aliphatic hydroxyl groups is 1. The highest BCUT2D eigenvalue weighted by atomic mass is 35.6. The summed E-state index contributed by atoms with van der Waals surface area (Å²) >= 11 is 17.4. The molecule has 4 unspecified atom stereocenters. The number of amides is 2. The van der Waals surface area contributed by atoms with E-state index >= 15 is 0 Å². The first kappa shape index (κ1) is 24.4. The molecule has 0 radical (unpaired) electrons. The molecule has 2 amide bonds. The fourth-order valence-electron chi connectivity index (χ4n) is 6.56. The van der Waals surface area contributed by atoms with Crippen LogP contribution in [-0.2, 0) is 24.5 Å². The van der Waals surface area contributed by atoms with Crippen molar-refractivity contribution in [2.45, 2.75) is 53.1 Å². The fraction of sp³-hybridized carbons (Fsp3) is 0.652. The molecule has 0 aromatic heterocycles. The summed E-state index contributed by atoms with van der Waals surface area (Å²) in [7, 11) is 1.46. The van der Waals surface area contributed by atoms with Crippen LogP contribution in [0.25, 0.3) is 0 Å². The molecule has 11 heteroatoms. The molecule has 4 bridgehead atoms. The smallest absolute Gasteiger partial charge is 0.410 e. The van der Waals surface area contributed by atoms with Crippen molar-refractivity contribution in [1.82, 2.24) is 4.90 Å². The van der Waals surface area contributed by atoms with Gasteiger partial charge in [-0.3, -0.25) is 9.63 Å². The van der Waals surface area contributed by atoms with Crippen LogP contribution in [0.4, 0.5) is 10.5 Å². The van der Waals surface area contributed by atoms with Crippen molar-refractivity contribution < 1.29 is 29.0 Å². The Morgan fingerprint density at radius 1 is 1.32 bits per heavy atom. The van der Waals surface area contributed by atoms with Gasteiger partial charge in [-0.25, -0.2) is 4.79 Å². The number of carbonyl (C=O) groups excluding carboxylic acids is 2. The number of ether oxygens (including phenoxy) is 2. The molecule has 1 N–H and O–H groups in total. The quantitative estimate of drug-likeness (QED) is 0.598. The third-order valence-electron chi connectivity index (χ3n) is 8.14. The third kappa shape index (κ3) is 3.52. The van der Waals surface area contributed by atoms with Gasteiger partial charge in [-0.2, -0.15) is 5.06 Å². The molecule has 1 saturated carbocycles. The number of halogens is 3. The molecule has 6 rings (SSSR count). The Kier molecular flexibility index (Phi) is 6.02. The Labute approximate surface area is 212 Å². The van der Waals surface area contributed by atoms with E-state index in [-0.39, 0.29) is 24.3 Å². The lowest BCUT2D eigenvalue weighted by Crippen LogP contribution is -2.65. The molecule has 1 aromatic rings. The number of anilines is 1. The molecule has 4 fully saturated rings. The number of likely N-dealkylation sites (tertiary alicyclic amines) is 1. The van der Waals surface area contributed by atoms with E-state index < -0.39 is 39.7 Å². The van der Waals surface area contributed by atoms with Crippen molar-refractivity contribution in [3.05, 3.63) is 29.8 Å². The topological polar surface area (TPSA) is 88.5 Å². The van der Waals surface area contributed by atoms with Crippen LogP contribution in [-0.4, -0.2) is 70.4 Å². The van der Waals surface area contributed by atoms with Gasteiger partial charge in [0.05, 0.1) is 37.7 Å². The SMILES string of the molecule is CC[C@@]1(O)CN(C(=O)OCC(Cl)(Cl)Cl)C2C[C@@]3(C(=O)N(OC)c4ccccc43)C3CC1C2CO3. The first-order chi connectivity index (χ1) is 16.1. The van der Waals surface area contributed by atoms with E-state index in [9.17, 15) is 14.7 Å². The molecule has 4 aliphatic heterocycles. The molecule has 34 heavy (non-hydrogen) atoms. The predicted octanol–water partition coefficient (Wildman–Crippen LogP) is 3.59. The molecule has 1 aromatic carbocycles. The van der Waals surface area contributed by atoms with Gasteiger partial charge in [0.1, 0.15) is 12.0 Å². The Hall–Kier alpha value is -1.29. The number of rotatable bonds is 3. The highest BCUT2D eigenvalue weighted by Crippen LogP contribution is 2.58. The number of fused-ring (bicyclic) bond motifs is 2. The Balaban J connectivity index is 1.60. The van der Waals surface area contributed by atoms with Gasteiger partial charge in [0.2, 0.25) is 3.79 Å². The summed E-state index contributed by atoms with van der Waals surface area (Å²) in [6.45, 7) is 1.85. The van der Waals surface area contributed by atoms with Crippen molar-refractivity contribution in [3.8, 4) is 0 Å². The summed E-state index contributed by atoms with van der Waals surface area (Å²) in [4.78, 5) is 34.2. The van der Waals surface area contributed by atoms with Crippen molar-refractivity contribution in [2.75, 3.05) is 31.9 Å². The van der Waals surface area contributed by atoms with Gasteiger partial charge in [0.25, 0.3) is 5.91 Å². The minimum atomic E-state index is -1.76. The van der Waals surface area contributed by atoms with Crippen molar-refractivity contribution in [3.63, 3.8) is 0 Å². The van der Waals surface area contributed by atoms with Gasteiger partial charge in [0, 0.05) is 12.0 Å². The molecular formula is C23H27Cl3N2O6. The first-order valence-corrected chi connectivity index (χ1v) is 12.5. The monoisotopic (exact) mass is 532 g/mol. The number of hydroxylamine groups is 1. The van der Waals surface area contributed by atoms with Crippen LogP contribution in [0.5, 0.6) is 0 Å². The molecule has 4 heterocycles. The summed E-state index contributed by atoms with van der Waals surface area (Å²) in [6, 6.07) is 7.06. The zero-order valence-electron chi connectivity index (χ0n) is 18.9. The van der Waals surface area contributed by atoms with Gasteiger partial charge in [-0.1, -0.05) is 59.9 Å². The second kappa shape index (κ2) is 8.39. The lowest BCUT2D eigenvalue weighted by Gasteiger charge is -2.53. The zero-order chi connectivity index (χ0) is 24.5. The Morgan fingerprint density at radius 2 is 2.06 bits per heavy atom. The van der Waals surface area contributed by atoms with Gasteiger partial charge in [0.15, 0.2) is 0 Å². The second-order valence-corrected chi connectivity index (χ2v) is 12.1. The minimum Gasteiger partial charge on any atom is -0.445 e. The second-order valence-electron chi connectivity index (χ2n) is 9.62.